The molecule has 1 aliphatic heterocycles. The Morgan fingerprint density at radius 3 is 2.95 bits per heavy atom. The Balaban J connectivity index is 2.20. The van der Waals surface area contributed by atoms with Crippen LogP contribution in [0.5, 0.6) is 0 Å². The number of thioether (sulfide) groups is 1. The van der Waals surface area contributed by atoms with Gasteiger partial charge in [-0.2, -0.15) is 11.8 Å². The number of nitrogens with one attached hydrogen (secondary N) is 1. The minimum absolute atomic E-state index is 0.100. The quantitative estimate of drug-likeness (QED) is 0.912. The van der Waals surface area contributed by atoms with E-state index in [2.05, 4.69) is 31.0 Å². The Kier molecular flexibility index (Phi) is 5.11. The van der Waals surface area contributed by atoms with Gasteiger partial charge in [0, 0.05) is 47.9 Å². The highest BCUT2D eigenvalue weighted by molar-refractivity contribution is 8.00. The second kappa shape index (κ2) is 6.62. The van der Waals surface area contributed by atoms with Crippen LogP contribution in [0.3, 0.4) is 0 Å². The highest BCUT2D eigenvalue weighted by Crippen LogP contribution is 2.28. The van der Waals surface area contributed by atoms with Crippen LogP contribution in [-0.2, 0) is 6.54 Å². The summed E-state index contributed by atoms with van der Waals surface area (Å²) in [5.74, 6) is 1.02. The number of anilines is 1. The monoisotopic (exact) mass is 282 g/mol. The lowest BCUT2D eigenvalue weighted by Gasteiger charge is -2.34. The highest BCUT2D eigenvalue weighted by Gasteiger charge is 2.20. The summed E-state index contributed by atoms with van der Waals surface area (Å²) in [6, 6.07) is 5.78. The van der Waals surface area contributed by atoms with Gasteiger partial charge in [0.1, 0.15) is 5.82 Å². The second-order valence-electron chi connectivity index (χ2n) is 5.40. The third-order valence-corrected chi connectivity index (χ3v) is 4.50. The molecule has 0 spiro atoms. The standard InChI is InChI=1S/C15H23FN2S/c1-11(2)17-9-13-14(16)5-4-6-15(13)18-7-8-19-12(3)10-18/h4-6,11-12,17H,7-10H2,1-3H3. The molecule has 1 aromatic carbocycles. The third kappa shape index (κ3) is 3.86. The zero-order chi connectivity index (χ0) is 13.8. The van der Waals surface area contributed by atoms with E-state index in [4.69, 9.17) is 0 Å². The Bertz CT molecular complexity index is 423. The van der Waals surface area contributed by atoms with Crippen LogP contribution in [-0.4, -0.2) is 30.1 Å². The number of benzene rings is 1. The van der Waals surface area contributed by atoms with Gasteiger partial charge in [-0.3, -0.25) is 0 Å². The molecule has 2 rings (SSSR count). The average molecular weight is 282 g/mol. The van der Waals surface area contributed by atoms with Crippen LogP contribution >= 0.6 is 11.8 Å². The van der Waals surface area contributed by atoms with E-state index in [0.29, 0.717) is 17.8 Å². The lowest BCUT2D eigenvalue weighted by Crippen LogP contribution is -2.37. The van der Waals surface area contributed by atoms with Crippen molar-refractivity contribution in [2.45, 2.75) is 38.6 Å². The summed E-state index contributed by atoms with van der Waals surface area (Å²) >= 11 is 1.99. The summed E-state index contributed by atoms with van der Waals surface area (Å²) in [6.45, 7) is 9.01. The predicted molar refractivity (Wildman–Crippen MR) is 82.5 cm³/mol. The lowest BCUT2D eigenvalue weighted by molar-refractivity contribution is 0.551. The van der Waals surface area contributed by atoms with E-state index in [1.807, 2.05) is 23.9 Å². The topological polar surface area (TPSA) is 15.3 Å². The van der Waals surface area contributed by atoms with Crippen molar-refractivity contribution < 1.29 is 4.39 Å². The molecule has 0 aliphatic carbocycles. The smallest absolute Gasteiger partial charge is 0.129 e. The van der Waals surface area contributed by atoms with Gasteiger partial charge in [0.2, 0.25) is 0 Å². The molecule has 0 radical (unpaired) electrons. The van der Waals surface area contributed by atoms with Crippen LogP contribution in [0, 0.1) is 5.82 Å². The second-order valence-corrected chi connectivity index (χ2v) is 6.95. The first-order chi connectivity index (χ1) is 9.08. The summed E-state index contributed by atoms with van der Waals surface area (Å²) in [4.78, 5) is 2.32. The van der Waals surface area contributed by atoms with Gasteiger partial charge < -0.3 is 10.2 Å². The molecule has 1 heterocycles. The first-order valence-corrected chi connectivity index (χ1v) is 8.00. The maximum Gasteiger partial charge on any atom is 0.129 e. The first kappa shape index (κ1) is 14.7. The predicted octanol–water partition coefficient (Wildman–Crippen LogP) is 3.27. The Morgan fingerprint density at radius 2 is 2.26 bits per heavy atom. The van der Waals surface area contributed by atoms with Crippen LogP contribution in [0.15, 0.2) is 18.2 Å². The largest absolute Gasteiger partial charge is 0.369 e. The van der Waals surface area contributed by atoms with E-state index in [0.717, 1.165) is 30.1 Å². The molecular weight excluding hydrogens is 259 g/mol. The first-order valence-electron chi connectivity index (χ1n) is 6.95. The van der Waals surface area contributed by atoms with Crippen molar-refractivity contribution in [3.05, 3.63) is 29.6 Å². The summed E-state index contributed by atoms with van der Waals surface area (Å²) < 4.78 is 14.1. The molecule has 2 nitrogen and oxygen atoms in total. The molecule has 106 valence electrons. The summed E-state index contributed by atoms with van der Waals surface area (Å²) in [7, 11) is 0. The lowest BCUT2D eigenvalue weighted by atomic mass is 10.1. The maximum atomic E-state index is 14.1. The van der Waals surface area contributed by atoms with Gasteiger partial charge in [-0.15, -0.1) is 0 Å². The zero-order valence-corrected chi connectivity index (χ0v) is 12.8. The van der Waals surface area contributed by atoms with Gasteiger partial charge in [-0.1, -0.05) is 26.8 Å². The molecule has 1 aromatic rings. The molecule has 19 heavy (non-hydrogen) atoms. The van der Waals surface area contributed by atoms with E-state index < -0.39 is 0 Å². The zero-order valence-electron chi connectivity index (χ0n) is 11.9. The van der Waals surface area contributed by atoms with Gasteiger partial charge in [0.15, 0.2) is 0 Å². The Morgan fingerprint density at radius 1 is 1.47 bits per heavy atom. The van der Waals surface area contributed by atoms with Crippen LogP contribution in [0.1, 0.15) is 26.3 Å². The van der Waals surface area contributed by atoms with Crippen molar-refractivity contribution in [3.8, 4) is 0 Å². The van der Waals surface area contributed by atoms with Crippen LogP contribution in [0.4, 0.5) is 10.1 Å². The van der Waals surface area contributed by atoms with Crippen molar-refractivity contribution in [3.63, 3.8) is 0 Å². The molecule has 1 N–H and O–H groups in total. The van der Waals surface area contributed by atoms with Crippen molar-refractivity contribution >= 4 is 17.4 Å². The minimum atomic E-state index is -0.100. The molecule has 1 aliphatic rings. The van der Waals surface area contributed by atoms with Crippen molar-refractivity contribution in [2.75, 3.05) is 23.7 Å². The third-order valence-electron chi connectivity index (χ3n) is 3.36. The van der Waals surface area contributed by atoms with Crippen molar-refractivity contribution in [2.24, 2.45) is 0 Å². The fourth-order valence-electron chi connectivity index (χ4n) is 2.36. The van der Waals surface area contributed by atoms with Gasteiger partial charge >= 0.3 is 0 Å². The van der Waals surface area contributed by atoms with E-state index in [1.54, 1.807) is 6.07 Å². The minimum Gasteiger partial charge on any atom is -0.369 e. The highest BCUT2D eigenvalue weighted by atomic mass is 32.2. The normalized spacial score (nSPS) is 20.1. The number of hydrogen-bond acceptors (Lipinski definition) is 3. The SMILES string of the molecule is CC(C)NCc1c(F)cccc1N1CCSC(C)C1. The molecule has 1 fully saturated rings. The van der Waals surface area contributed by atoms with Crippen LogP contribution < -0.4 is 10.2 Å². The fourth-order valence-corrected chi connectivity index (χ4v) is 3.38. The van der Waals surface area contributed by atoms with Crippen molar-refractivity contribution in [1.82, 2.24) is 5.32 Å². The summed E-state index contributed by atoms with van der Waals surface area (Å²) in [5, 5.41) is 3.94. The summed E-state index contributed by atoms with van der Waals surface area (Å²) in [5.41, 5.74) is 1.86. The molecule has 0 amide bonds. The molecule has 0 aromatic heterocycles. The Hall–Kier alpha value is -0.740. The van der Waals surface area contributed by atoms with Gasteiger partial charge in [0.05, 0.1) is 0 Å². The molecule has 0 bridgehead atoms. The maximum absolute atomic E-state index is 14.1. The number of hydrogen-bond donors (Lipinski definition) is 1. The molecule has 1 atom stereocenters. The molecule has 4 heteroatoms. The average Bonchev–Trinajstić information content (AvgIpc) is 2.37. The number of halogens is 1. The molecular formula is C15H23FN2S. The van der Waals surface area contributed by atoms with E-state index in [1.165, 1.54) is 0 Å². The van der Waals surface area contributed by atoms with Gasteiger partial charge in [-0.25, -0.2) is 4.39 Å². The van der Waals surface area contributed by atoms with Crippen LogP contribution in [0.2, 0.25) is 0 Å². The Labute approximate surface area is 119 Å². The summed E-state index contributed by atoms with van der Waals surface area (Å²) in [6.07, 6.45) is 0. The van der Waals surface area contributed by atoms with Gasteiger partial charge in [-0.05, 0) is 12.1 Å². The fraction of sp³-hybridized carbons (Fsp3) is 0.600. The van der Waals surface area contributed by atoms with E-state index >= 15 is 0 Å². The number of nitrogens with zero attached hydrogens (tertiary/aromatic N) is 1. The number of rotatable bonds is 4. The van der Waals surface area contributed by atoms with Crippen LogP contribution in [0.25, 0.3) is 0 Å². The van der Waals surface area contributed by atoms with E-state index in [-0.39, 0.29) is 5.82 Å². The molecule has 0 saturated carbocycles. The van der Waals surface area contributed by atoms with Gasteiger partial charge in [0.25, 0.3) is 0 Å². The van der Waals surface area contributed by atoms with Crippen molar-refractivity contribution in [1.29, 1.82) is 0 Å². The molecule has 1 saturated heterocycles. The molecule has 1 unspecified atom stereocenters. The van der Waals surface area contributed by atoms with E-state index in [9.17, 15) is 4.39 Å².